The molecule has 148 valence electrons. The van der Waals surface area contributed by atoms with E-state index in [1.807, 2.05) is 30.3 Å². The predicted molar refractivity (Wildman–Crippen MR) is 107 cm³/mol. The molecule has 0 bridgehead atoms. The van der Waals surface area contributed by atoms with E-state index in [-0.39, 0.29) is 22.3 Å². The molecule has 0 radical (unpaired) electrons. The van der Waals surface area contributed by atoms with Gasteiger partial charge in [-0.1, -0.05) is 18.2 Å². The zero-order valence-corrected chi connectivity index (χ0v) is 15.2. The quantitative estimate of drug-likeness (QED) is 0.375. The average Bonchev–Trinajstić information content (AvgIpc) is 2.73. The molecule has 0 aliphatic carbocycles. The van der Waals surface area contributed by atoms with Crippen LogP contribution in [0.3, 0.4) is 0 Å². The number of nitrogens with zero attached hydrogens (tertiary/aromatic N) is 4. The van der Waals surface area contributed by atoms with Crippen LogP contribution >= 0.6 is 0 Å². The van der Waals surface area contributed by atoms with E-state index in [1.165, 1.54) is 18.2 Å². The van der Waals surface area contributed by atoms with E-state index < -0.39 is 21.2 Å². The van der Waals surface area contributed by atoms with E-state index in [2.05, 4.69) is 4.90 Å². The van der Waals surface area contributed by atoms with Crippen LogP contribution in [0.5, 0.6) is 0 Å². The van der Waals surface area contributed by atoms with Crippen LogP contribution in [0.2, 0.25) is 0 Å². The highest BCUT2D eigenvalue weighted by molar-refractivity contribution is 5.96. The molecule has 1 fully saturated rings. The van der Waals surface area contributed by atoms with Crippen molar-refractivity contribution in [2.24, 2.45) is 0 Å². The summed E-state index contributed by atoms with van der Waals surface area (Å²) in [6.07, 6.45) is 0. The minimum Gasteiger partial charge on any atom is -0.418 e. The summed E-state index contributed by atoms with van der Waals surface area (Å²) in [7, 11) is 0. The molecule has 1 aliphatic rings. The van der Waals surface area contributed by atoms with Crippen molar-refractivity contribution in [3.05, 3.63) is 79.2 Å². The van der Waals surface area contributed by atoms with Gasteiger partial charge in [0.1, 0.15) is 11.3 Å². The normalized spacial score (nSPS) is 14.2. The summed E-state index contributed by atoms with van der Waals surface area (Å²) in [5.74, 6) is 0. The van der Waals surface area contributed by atoms with Crippen molar-refractivity contribution in [3.63, 3.8) is 0 Å². The van der Waals surface area contributed by atoms with Crippen LogP contribution in [-0.2, 0) is 0 Å². The molecular weight excluding hydrogens is 380 g/mol. The maximum atomic E-state index is 12.3. The van der Waals surface area contributed by atoms with Crippen LogP contribution in [0.4, 0.5) is 22.7 Å². The number of nitro groups is 2. The van der Waals surface area contributed by atoms with Gasteiger partial charge in [0.15, 0.2) is 0 Å². The van der Waals surface area contributed by atoms with Crippen LogP contribution in [0, 0.1) is 20.2 Å². The number of benzene rings is 2. The Morgan fingerprint density at radius 3 is 2.14 bits per heavy atom. The third kappa shape index (κ3) is 3.35. The summed E-state index contributed by atoms with van der Waals surface area (Å²) in [6.45, 7) is 1.99. The summed E-state index contributed by atoms with van der Waals surface area (Å²) in [4.78, 5) is 37.5. The monoisotopic (exact) mass is 396 g/mol. The Morgan fingerprint density at radius 2 is 1.52 bits per heavy atom. The third-order valence-electron chi connectivity index (χ3n) is 4.95. The van der Waals surface area contributed by atoms with Crippen LogP contribution in [0.1, 0.15) is 0 Å². The molecule has 0 spiro atoms. The first kappa shape index (κ1) is 18.4. The molecular formula is C19H16N4O6. The minimum atomic E-state index is -1.07. The molecule has 4 rings (SSSR count). The van der Waals surface area contributed by atoms with Gasteiger partial charge in [0.2, 0.25) is 0 Å². The van der Waals surface area contributed by atoms with Gasteiger partial charge in [-0.2, -0.15) is 0 Å². The van der Waals surface area contributed by atoms with Crippen molar-refractivity contribution in [2.75, 3.05) is 36.0 Å². The second kappa shape index (κ2) is 7.23. The second-order valence-electron chi connectivity index (χ2n) is 6.59. The maximum absolute atomic E-state index is 12.3. The Morgan fingerprint density at radius 1 is 0.862 bits per heavy atom. The molecule has 1 aliphatic heterocycles. The Hall–Kier alpha value is -3.95. The average molecular weight is 396 g/mol. The van der Waals surface area contributed by atoms with Crippen molar-refractivity contribution < 1.29 is 14.3 Å². The molecule has 0 amide bonds. The van der Waals surface area contributed by atoms with Gasteiger partial charge in [-0.05, 0) is 18.2 Å². The Labute approximate surface area is 163 Å². The molecule has 0 saturated carbocycles. The standard InChI is InChI=1S/C19H16N4O6/c24-19-18(23(27)28)17(15-12-14(22(25)26)6-7-16(15)29-19)21-10-8-20(9-11-21)13-4-2-1-3-5-13/h1-7,12H,8-11H2. The number of anilines is 2. The van der Waals surface area contributed by atoms with Gasteiger partial charge in [0, 0.05) is 44.0 Å². The fourth-order valence-electron chi connectivity index (χ4n) is 3.59. The highest BCUT2D eigenvalue weighted by Gasteiger charge is 2.31. The minimum absolute atomic E-state index is 0.0673. The molecule has 10 nitrogen and oxygen atoms in total. The predicted octanol–water partition coefficient (Wildman–Crippen LogP) is 2.94. The Bertz CT molecular complexity index is 1150. The molecule has 1 saturated heterocycles. The highest BCUT2D eigenvalue weighted by atomic mass is 16.6. The molecule has 10 heteroatoms. The van der Waals surface area contributed by atoms with E-state index in [0.717, 1.165) is 5.69 Å². The molecule has 0 N–H and O–H groups in total. The van der Waals surface area contributed by atoms with Gasteiger partial charge >= 0.3 is 11.3 Å². The number of piperazine rings is 1. The lowest BCUT2D eigenvalue weighted by molar-refractivity contribution is -0.386. The van der Waals surface area contributed by atoms with Gasteiger partial charge < -0.3 is 14.2 Å². The molecule has 0 atom stereocenters. The molecule has 0 unspecified atom stereocenters. The van der Waals surface area contributed by atoms with Gasteiger partial charge in [0.05, 0.1) is 15.2 Å². The van der Waals surface area contributed by atoms with Gasteiger partial charge in [-0.15, -0.1) is 0 Å². The van der Waals surface area contributed by atoms with E-state index in [4.69, 9.17) is 4.42 Å². The van der Waals surface area contributed by atoms with Crippen molar-refractivity contribution in [2.45, 2.75) is 0 Å². The fourth-order valence-corrected chi connectivity index (χ4v) is 3.59. The Balaban J connectivity index is 1.78. The van der Waals surface area contributed by atoms with Gasteiger partial charge in [-0.25, -0.2) is 4.79 Å². The lowest BCUT2D eigenvalue weighted by Gasteiger charge is -2.37. The van der Waals surface area contributed by atoms with Crippen molar-refractivity contribution in [1.82, 2.24) is 0 Å². The number of rotatable bonds is 4. The van der Waals surface area contributed by atoms with Crippen LogP contribution in [0.25, 0.3) is 11.0 Å². The zero-order valence-electron chi connectivity index (χ0n) is 15.2. The van der Waals surface area contributed by atoms with E-state index >= 15 is 0 Å². The highest BCUT2D eigenvalue weighted by Crippen LogP contribution is 2.36. The van der Waals surface area contributed by atoms with E-state index in [9.17, 15) is 25.0 Å². The van der Waals surface area contributed by atoms with Crippen LogP contribution < -0.4 is 15.4 Å². The lowest BCUT2D eigenvalue weighted by atomic mass is 10.1. The van der Waals surface area contributed by atoms with Crippen molar-refractivity contribution in [3.8, 4) is 0 Å². The summed E-state index contributed by atoms with van der Waals surface area (Å²) in [5.41, 5.74) is -0.827. The van der Waals surface area contributed by atoms with Gasteiger partial charge in [0.25, 0.3) is 5.69 Å². The fraction of sp³-hybridized carbons (Fsp3) is 0.211. The first-order valence-corrected chi connectivity index (χ1v) is 8.90. The summed E-state index contributed by atoms with van der Waals surface area (Å²) in [6, 6.07) is 13.5. The SMILES string of the molecule is O=c1oc2ccc([N+](=O)[O-])cc2c(N2CCN(c3ccccc3)CC2)c1[N+](=O)[O-]. The number of nitro benzene ring substituents is 1. The lowest BCUT2D eigenvalue weighted by Crippen LogP contribution is -2.47. The largest absolute Gasteiger partial charge is 0.418 e. The topological polar surface area (TPSA) is 123 Å². The Kier molecular flexibility index (Phi) is 4.59. The van der Waals surface area contributed by atoms with E-state index in [0.29, 0.717) is 26.2 Å². The molecule has 3 aromatic rings. The van der Waals surface area contributed by atoms with Crippen molar-refractivity contribution in [1.29, 1.82) is 0 Å². The van der Waals surface area contributed by atoms with Crippen molar-refractivity contribution >= 4 is 33.7 Å². The summed E-state index contributed by atoms with van der Waals surface area (Å²) < 4.78 is 5.05. The summed E-state index contributed by atoms with van der Waals surface area (Å²) >= 11 is 0. The number of hydrogen-bond donors (Lipinski definition) is 0. The molecule has 1 aromatic heterocycles. The zero-order chi connectivity index (χ0) is 20.5. The van der Waals surface area contributed by atoms with Crippen LogP contribution in [-0.4, -0.2) is 36.0 Å². The number of hydrogen-bond acceptors (Lipinski definition) is 8. The van der Waals surface area contributed by atoms with E-state index in [1.54, 1.807) is 4.90 Å². The number of fused-ring (bicyclic) bond motifs is 1. The smallest absolute Gasteiger partial charge is 0.417 e. The number of non-ortho nitro benzene ring substituents is 1. The van der Waals surface area contributed by atoms with Crippen LogP contribution in [0.15, 0.2) is 57.7 Å². The van der Waals surface area contributed by atoms with Gasteiger partial charge in [-0.3, -0.25) is 20.2 Å². The molecule has 2 heterocycles. The molecule has 2 aromatic carbocycles. The first-order valence-electron chi connectivity index (χ1n) is 8.90. The summed E-state index contributed by atoms with van der Waals surface area (Å²) in [5, 5.41) is 23.0. The second-order valence-corrected chi connectivity index (χ2v) is 6.59. The molecule has 29 heavy (non-hydrogen) atoms. The number of para-hydroxylation sites is 1. The first-order chi connectivity index (χ1) is 14.0. The maximum Gasteiger partial charge on any atom is 0.417 e. The third-order valence-corrected chi connectivity index (χ3v) is 4.95.